The number of anilines is 1. The van der Waals surface area contributed by atoms with E-state index in [0.717, 1.165) is 48.3 Å². The Hall–Kier alpha value is -3.33. The van der Waals surface area contributed by atoms with Crippen LogP contribution in [0, 0.1) is 11.7 Å². The molecule has 2 aliphatic carbocycles. The Morgan fingerprint density at radius 1 is 1.15 bits per heavy atom. The van der Waals surface area contributed by atoms with E-state index in [4.69, 9.17) is 11.6 Å². The quantitative estimate of drug-likeness (QED) is 0.270. The van der Waals surface area contributed by atoms with Crippen LogP contribution in [-0.4, -0.2) is 19.7 Å². The van der Waals surface area contributed by atoms with Gasteiger partial charge in [0, 0.05) is 42.1 Å². The maximum Gasteiger partial charge on any atom is 0.231 e. The van der Waals surface area contributed by atoms with Crippen molar-refractivity contribution < 1.29 is 13.4 Å². The van der Waals surface area contributed by atoms with Crippen LogP contribution in [0.4, 0.5) is 10.1 Å². The minimum atomic E-state index is -1.50. The van der Waals surface area contributed by atoms with Crippen molar-refractivity contribution in [3.05, 3.63) is 112 Å². The summed E-state index contributed by atoms with van der Waals surface area (Å²) in [6.45, 7) is 0.340. The number of nitrogens with one attached hydrogen (secondary N) is 1. The maximum atomic E-state index is 14.0. The van der Waals surface area contributed by atoms with Gasteiger partial charge >= 0.3 is 0 Å². The number of benzene rings is 3. The number of aryl methyl sites for hydroxylation is 2. The van der Waals surface area contributed by atoms with Gasteiger partial charge in [-0.1, -0.05) is 35.9 Å². The highest BCUT2D eigenvalue weighted by Crippen LogP contribution is 2.51. The summed E-state index contributed by atoms with van der Waals surface area (Å²) in [5.41, 5.74) is 4.01. The molecule has 206 valence electrons. The number of imidazole rings is 1. The fourth-order valence-corrected chi connectivity index (χ4v) is 6.91. The van der Waals surface area contributed by atoms with Crippen molar-refractivity contribution >= 4 is 34.2 Å². The van der Waals surface area contributed by atoms with E-state index in [1.165, 1.54) is 29.8 Å². The lowest BCUT2D eigenvalue weighted by Crippen LogP contribution is -2.34. The van der Waals surface area contributed by atoms with Crippen molar-refractivity contribution in [1.82, 2.24) is 14.3 Å². The molecule has 4 unspecified atom stereocenters. The molecule has 1 N–H and O–H groups in total. The number of fused-ring (bicyclic) bond motifs is 1. The fraction of sp³-hybridized carbons (Fsp3) is 0.290. The monoisotopic (exact) mass is 576 g/mol. The van der Waals surface area contributed by atoms with Crippen LogP contribution in [0.2, 0.25) is 5.02 Å². The lowest BCUT2D eigenvalue weighted by molar-refractivity contribution is -0.120. The molecule has 1 saturated carbocycles. The predicted molar refractivity (Wildman–Crippen MR) is 155 cm³/mol. The highest BCUT2D eigenvalue weighted by atomic mass is 35.5. The summed E-state index contributed by atoms with van der Waals surface area (Å²) in [5.74, 6) is 0.404. The average Bonchev–Trinajstić information content (AvgIpc) is 3.65. The lowest BCUT2D eigenvalue weighted by Gasteiger charge is -2.29. The molecule has 4 aromatic rings. The minimum absolute atomic E-state index is 0.0445. The van der Waals surface area contributed by atoms with E-state index < -0.39 is 11.0 Å². The summed E-state index contributed by atoms with van der Waals surface area (Å²) in [5, 5.41) is 0.690. The number of hydrogen-bond donors (Lipinski definition) is 1. The Morgan fingerprint density at radius 2 is 1.95 bits per heavy atom. The summed E-state index contributed by atoms with van der Waals surface area (Å²) in [6.07, 6.45) is 7.06. The molecule has 1 aromatic heterocycles. The molecule has 0 bridgehead atoms. The molecule has 2 aliphatic rings. The first-order valence-corrected chi connectivity index (χ1v) is 15.0. The Morgan fingerprint density at radius 3 is 2.70 bits per heavy atom. The van der Waals surface area contributed by atoms with E-state index >= 15 is 0 Å². The van der Waals surface area contributed by atoms with Crippen LogP contribution >= 0.6 is 11.6 Å². The second-order valence-corrected chi connectivity index (χ2v) is 12.2. The molecular formula is C31H30ClFN4O2S. The van der Waals surface area contributed by atoms with Gasteiger partial charge in [-0.05, 0) is 90.8 Å². The van der Waals surface area contributed by atoms with Gasteiger partial charge in [-0.25, -0.2) is 18.3 Å². The number of nitrogens with zero attached hydrogens (tertiary/aromatic N) is 3. The zero-order valence-corrected chi connectivity index (χ0v) is 23.7. The zero-order valence-electron chi connectivity index (χ0n) is 22.1. The van der Waals surface area contributed by atoms with Crippen LogP contribution in [0.15, 0.2) is 84.0 Å². The lowest BCUT2D eigenvalue weighted by atomic mass is 9.87. The number of aromatic nitrogens is 2. The number of amides is 1. The van der Waals surface area contributed by atoms with Gasteiger partial charge in [-0.3, -0.25) is 4.79 Å². The summed E-state index contributed by atoms with van der Waals surface area (Å²) in [6, 6.07) is 19.4. The van der Waals surface area contributed by atoms with Gasteiger partial charge in [0.1, 0.15) is 22.6 Å². The van der Waals surface area contributed by atoms with Crippen molar-refractivity contribution in [2.24, 2.45) is 13.0 Å². The molecule has 0 saturated heterocycles. The highest BCUT2D eigenvalue weighted by molar-refractivity contribution is 7.83. The number of hydrogen-bond acceptors (Lipinski definition) is 3. The zero-order chi connectivity index (χ0) is 27.8. The van der Waals surface area contributed by atoms with Crippen LogP contribution in [0.3, 0.4) is 0 Å². The predicted octanol–water partition coefficient (Wildman–Crippen LogP) is 6.24. The third-order valence-electron chi connectivity index (χ3n) is 7.93. The highest BCUT2D eigenvalue weighted by Gasteiger charge is 2.47. The van der Waals surface area contributed by atoms with Gasteiger partial charge in [0.2, 0.25) is 5.91 Å². The smallest absolute Gasteiger partial charge is 0.231 e. The van der Waals surface area contributed by atoms with E-state index in [1.54, 1.807) is 6.20 Å². The maximum absolute atomic E-state index is 14.0. The van der Waals surface area contributed by atoms with Crippen LogP contribution in [0.5, 0.6) is 0 Å². The van der Waals surface area contributed by atoms with Crippen LogP contribution in [0.1, 0.15) is 53.7 Å². The molecule has 1 heterocycles. The topological polar surface area (TPSA) is 67.2 Å². The second-order valence-electron chi connectivity index (χ2n) is 10.5. The number of carbonyl (C=O) groups is 1. The van der Waals surface area contributed by atoms with Crippen LogP contribution in [0.25, 0.3) is 0 Å². The Bertz CT molecular complexity index is 1570. The largest absolute Gasteiger partial charge is 0.337 e. The van der Waals surface area contributed by atoms with Gasteiger partial charge in [0.05, 0.1) is 11.4 Å². The van der Waals surface area contributed by atoms with Crippen molar-refractivity contribution in [3.63, 3.8) is 0 Å². The molecule has 0 spiro atoms. The van der Waals surface area contributed by atoms with E-state index in [-0.39, 0.29) is 29.6 Å². The molecule has 6 rings (SSSR count). The van der Waals surface area contributed by atoms with E-state index in [0.29, 0.717) is 16.5 Å². The van der Waals surface area contributed by atoms with E-state index in [2.05, 4.69) is 21.8 Å². The summed E-state index contributed by atoms with van der Waals surface area (Å²) >= 11 is 6.46. The first kappa shape index (κ1) is 26.9. The number of carbonyl (C=O) groups excluding carboxylic acids is 1. The molecule has 40 heavy (non-hydrogen) atoms. The molecule has 0 aliphatic heterocycles. The Balaban J connectivity index is 1.30. The standard InChI is InChI=1S/C31H30ClFN4O2S/c1-36-16-15-34-30(36)19-37(31(38)27-18-26(27)24-6-2-3-7-28(24)32)22-12-9-20-5-4-8-29(25(20)17-22)35-40(39)23-13-10-21(33)11-14-23/h2-3,6-7,9-17,26-27,29,35H,4-5,8,18-19H2,1H3. The van der Waals surface area contributed by atoms with Crippen molar-refractivity contribution in [2.75, 3.05) is 4.90 Å². The molecule has 1 fully saturated rings. The summed E-state index contributed by atoms with van der Waals surface area (Å²) in [7, 11) is 0.422. The van der Waals surface area contributed by atoms with Gasteiger partial charge in [0.15, 0.2) is 0 Å². The third-order valence-corrected chi connectivity index (χ3v) is 9.47. The van der Waals surface area contributed by atoms with Gasteiger partial charge in [-0.2, -0.15) is 0 Å². The average molecular weight is 577 g/mol. The SMILES string of the molecule is Cn1ccnc1CN(C(=O)C1CC1c1ccccc1Cl)c1ccc2c(c1)C(NS(=O)c1ccc(F)cc1)CCC2. The summed E-state index contributed by atoms with van der Waals surface area (Å²) < 4.78 is 31.7. The summed E-state index contributed by atoms with van der Waals surface area (Å²) in [4.78, 5) is 20.9. The van der Waals surface area contributed by atoms with Crippen molar-refractivity contribution in [1.29, 1.82) is 0 Å². The first-order chi connectivity index (χ1) is 19.4. The van der Waals surface area contributed by atoms with Crippen LogP contribution < -0.4 is 9.62 Å². The van der Waals surface area contributed by atoms with Gasteiger partial charge in [0.25, 0.3) is 0 Å². The van der Waals surface area contributed by atoms with Gasteiger partial charge in [-0.15, -0.1) is 0 Å². The number of halogens is 2. The van der Waals surface area contributed by atoms with Crippen LogP contribution in [-0.2, 0) is 35.8 Å². The fourth-order valence-electron chi connectivity index (χ4n) is 5.61. The van der Waals surface area contributed by atoms with Crippen molar-refractivity contribution in [3.8, 4) is 0 Å². The molecule has 6 nitrogen and oxygen atoms in total. The van der Waals surface area contributed by atoms with E-state index in [1.807, 2.05) is 53.0 Å². The van der Waals surface area contributed by atoms with Gasteiger partial charge < -0.3 is 9.47 Å². The minimum Gasteiger partial charge on any atom is -0.337 e. The third kappa shape index (κ3) is 5.48. The molecule has 1 amide bonds. The van der Waals surface area contributed by atoms with E-state index in [9.17, 15) is 13.4 Å². The normalized spacial score (nSPS) is 20.5. The molecule has 0 radical (unpaired) electrons. The molecular weight excluding hydrogens is 547 g/mol. The molecule has 9 heteroatoms. The first-order valence-electron chi connectivity index (χ1n) is 13.5. The molecule has 3 aromatic carbocycles. The number of rotatable bonds is 8. The molecule has 4 atom stereocenters. The van der Waals surface area contributed by atoms with Crippen molar-refractivity contribution in [2.45, 2.75) is 49.1 Å². The Labute approximate surface area is 240 Å². The Kier molecular flexibility index (Phi) is 7.57. The second kappa shape index (κ2) is 11.3.